The second kappa shape index (κ2) is 10.8. The van der Waals surface area contributed by atoms with Crippen molar-refractivity contribution in [2.75, 3.05) is 33.8 Å². The van der Waals surface area contributed by atoms with Crippen LogP contribution in [0.5, 0.6) is 0 Å². The molecule has 0 amide bonds. The van der Waals surface area contributed by atoms with Gasteiger partial charge >= 0.3 is 14.2 Å². The summed E-state index contributed by atoms with van der Waals surface area (Å²) in [6, 6.07) is 0.582. The molecule has 0 saturated heterocycles. The molecule has 1 unspecified atom stereocenters. The van der Waals surface area contributed by atoms with Crippen LogP contribution in [0.25, 0.3) is 0 Å². The molecule has 0 saturated carbocycles. The molecule has 0 aliphatic rings. The van der Waals surface area contributed by atoms with Gasteiger partial charge in [0.25, 0.3) is 0 Å². The lowest BCUT2D eigenvalue weighted by Gasteiger charge is -2.24. The fraction of sp³-hybridized carbons (Fsp3) is 0.800. The zero-order chi connectivity index (χ0) is 14.7. The molecule has 0 aromatic carbocycles. The molecule has 0 bridgehead atoms. The highest BCUT2D eigenvalue weighted by Gasteiger charge is 2.36. The largest absolute Gasteiger partial charge is 0.500 e. The maximum absolute atomic E-state index is 10.6. The fourth-order valence-corrected chi connectivity index (χ4v) is 3.28. The fourth-order valence-electron chi connectivity index (χ4n) is 1.36. The molecule has 0 N–H and O–H groups in total. The maximum Gasteiger partial charge on any atom is 0.500 e. The van der Waals surface area contributed by atoms with Gasteiger partial charge in [-0.1, -0.05) is 0 Å². The molecule has 6 nitrogen and oxygen atoms in total. The molecule has 0 heterocycles. The maximum atomic E-state index is 10.6. The minimum absolute atomic E-state index is 0.182. The molecule has 0 spiro atoms. The quantitative estimate of drug-likeness (QED) is 0.190. The first-order valence-corrected chi connectivity index (χ1v) is 8.40. The van der Waals surface area contributed by atoms with E-state index in [1.807, 2.05) is 0 Å². The van der Waals surface area contributed by atoms with Gasteiger partial charge in [0.2, 0.25) is 6.29 Å². The highest BCUT2D eigenvalue weighted by atomic mass is 35.5. The average molecular weight is 334 g/mol. The summed E-state index contributed by atoms with van der Waals surface area (Å²) in [7, 11) is 2.03. The smallest absolute Gasteiger partial charge is 0.423 e. The first-order valence-electron chi connectivity index (χ1n) is 5.56. The minimum atomic E-state index is -2.59. The van der Waals surface area contributed by atoms with E-state index < -0.39 is 20.5 Å². The van der Waals surface area contributed by atoms with E-state index in [-0.39, 0.29) is 5.88 Å². The molecule has 1 radical (unpaired) electrons. The molecule has 0 aromatic heterocycles. The number of hydrogen-bond donors (Lipinski definition) is 0. The van der Waals surface area contributed by atoms with E-state index in [4.69, 9.17) is 41.2 Å². The van der Waals surface area contributed by atoms with Gasteiger partial charge in [-0.3, -0.25) is 0 Å². The molecule has 113 valence electrons. The summed E-state index contributed by atoms with van der Waals surface area (Å²) in [5.74, 6) is 0.182. The van der Waals surface area contributed by atoms with Crippen molar-refractivity contribution in [2.24, 2.45) is 0 Å². The van der Waals surface area contributed by atoms with Gasteiger partial charge in [0, 0.05) is 51.3 Å². The standard InChI is InChI=1S/C10H19Cl2O6Si/c1-14-19(15-2,16-3)8-4-7-17-9(5-6-11)18-10(12)13/h5,9H,4,6-8H2,1-3H3. The van der Waals surface area contributed by atoms with Crippen molar-refractivity contribution < 1.29 is 27.5 Å². The number of halogens is 2. The van der Waals surface area contributed by atoms with Crippen molar-refractivity contribution in [3.05, 3.63) is 6.42 Å². The Balaban J connectivity index is 4.01. The summed E-state index contributed by atoms with van der Waals surface area (Å²) in [6.45, 7) is 0.326. The second-order valence-electron chi connectivity index (χ2n) is 3.38. The third kappa shape index (κ3) is 8.08. The average Bonchev–Trinajstić information content (AvgIpc) is 2.39. The predicted molar refractivity (Wildman–Crippen MR) is 73.3 cm³/mol. The normalized spacial score (nSPS) is 13.3. The monoisotopic (exact) mass is 333 g/mol. The number of carbonyl (C=O) groups excluding carboxylic acids is 1. The van der Waals surface area contributed by atoms with Crippen molar-refractivity contribution in [3.63, 3.8) is 0 Å². The van der Waals surface area contributed by atoms with Crippen LogP contribution in [0.15, 0.2) is 0 Å². The third-order valence-electron chi connectivity index (χ3n) is 2.33. The van der Waals surface area contributed by atoms with Gasteiger partial charge in [-0.2, -0.15) is 0 Å². The van der Waals surface area contributed by atoms with Crippen LogP contribution in [-0.4, -0.2) is 54.3 Å². The topological polar surface area (TPSA) is 63.2 Å². The van der Waals surface area contributed by atoms with Gasteiger partial charge in [-0.05, 0) is 6.42 Å². The summed E-state index contributed by atoms with van der Waals surface area (Å²) >= 11 is 10.6. The molecule has 0 aliphatic heterocycles. The zero-order valence-corrected chi connectivity index (χ0v) is 13.7. The van der Waals surface area contributed by atoms with Gasteiger partial charge in [0.15, 0.2) is 0 Å². The zero-order valence-electron chi connectivity index (χ0n) is 11.2. The Labute approximate surface area is 124 Å². The van der Waals surface area contributed by atoms with Crippen LogP contribution in [0.3, 0.4) is 0 Å². The van der Waals surface area contributed by atoms with Gasteiger partial charge in [0.1, 0.15) is 0 Å². The van der Waals surface area contributed by atoms with Crippen LogP contribution in [-0.2, 0) is 22.8 Å². The molecular formula is C10H19Cl2O6Si. The van der Waals surface area contributed by atoms with Crippen molar-refractivity contribution in [1.29, 1.82) is 0 Å². The molecule has 0 rings (SSSR count). The molecule has 0 fully saturated rings. The van der Waals surface area contributed by atoms with E-state index in [0.717, 1.165) is 0 Å². The molecule has 1 atom stereocenters. The third-order valence-corrected chi connectivity index (χ3v) is 5.43. The van der Waals surface area contributed by atoms with Crippen LogP contribution in [0.2, 0.25) is 6.04 Å². The predicted octanol–water partition coefficient (Wildman–Crippen LogP) is 2.42. The first-order chi connectivity index (χ1) is 9.03. The lowest BCUT2D eigenvalue weighted by Crippen LogP contribution is -2.42. The Morgan fingerprint density at radius 1 is 1.26 bits per heavy atom. The van der Waals surface area contributed by atoms with Crippen LogP contribution >= 0.6 is 23.2 Å². The van der Waals surface area contributed by atoms with Gasteiger partial charge in [-0.25, -0.2) is 4.79 Å². The van der Waals surface area contributed by atoms with Crippen LogP contribution in [0, 0.1) is 6.42 Å². The van der Waals surface area contributed by atoms with Crippen LogP contribution in [0.4, 0.5) is 4.79 Å². The summed E-state index contributed by atoms with van der Waals surface area (Å²) in [5.41, 5.74) is -0.944. The summed E-state index contributed by atoms with van der Waals surface area (Å²) in [6.07, 6.45) is 1.25. The highest BCUT2D eigenvalue weighted by Crippen LogP contribution is 2.15. The number of alkyl halides is 1. The lowest BCUT2D eigenvalue weighted by atomic mass is 10.4. The minimum Gasteiger partial charge on any atom is -0.423 e. The van der Waals surface area contributed by atoms with Gasteiger partial charge in [-0.15, -0.1) is 11.6 Å². The molecule has 9 heteroatoms. The van der Waals surface area contributed by atoms with E-state index in [0.29, 0.717) is 19.1 Å². The Morgan fingerprint density at radius 2 is 1.84 bits per heavy atom. The van der Waals surface area contributed by atoms with Gasteiger partial charge < -0.3 is 22.8 Å². The lowest BCUT2D eigenvalue weighted by molar-refractivity contribution is -0.0746. The Bertz CT molecular complexity index is 244. The van der Waals surface area contributed by atoms with E-state index in [1.54, 1.807) is 21.3 Å². The van der Waals surface area contributed by atoms with Gasteiger partial charge in [0.05, 0.1) is 6.61 Å². The summed E-state index contributed by atoms with van der Waals surface area (Å²) < 4.78 is 25.8. The SMILES string of the molecule is CO[Si](CCCOC([CH]CCl)OC(=O)Cl)(OC)OC. The van der Waals surface area contributed by atoms with Crippen molar-refractivity contribution in [2.45, 2.75) is 18.8 Å². The number of hydrogen-bond acceptors (Lipinski definition) is 6. The Kier molecular flexibility index (Phi) is 10.9. The Morgan fingerprint density at radius 3 is 2.26 bits per heavy atom. The molecule has 19 heavy (non-hydrogen) atoms. The number of ether oxygens (including phenoxy) is 2. The van der Waals surface area contributed by atoms with Crippen molar-refractivity contribution in [1.82, 2.24) is 0 Å². The number of rotatable bonds is 11. The molecule has 0 aliphatic carbocycles. The second-order valence-corrected chi connectivity index (χ2v) is 7.09. The van der Waals surface area contributed by atoms with Crippen LogP contribution < -0.4 is 0 Å². The number of carbonyl (C=O) groups is 1. The highest BCUT2D eigenvalue weighted by molar-refractivity contribution is 6.61. The Hall–Kier alpha value is 0.107. The summed E-state index contributed by atoms with van der Waals surface area (Å²) in [4.78, 5) is 10.6. The summed E-state index contributed by atoms with van der Waals surface area (Å²) in [5, 5.41) is 0. The van der Waals surface area contributed by atoms with E-state index in [9.17, 15) is 4.79 Å². The molecule has 0 aromatic rings. The first kappa shape index (κ1) is 19.1. The molecular weight excluding hydrogens is 315 g/mol. The van der Waals surface area contributed by atoms with Crippen molar-refractivity contribution >= 4 is 37.4 Å². The van der Waals surface area contributed by atoms with Crippen LogP contribution in [0.1, 0.15) is 6.42 Å². The van der Waals surface area contributed by atoms with E-state index in [1.165, 1.54) is 6.42 Å². The van der Waals surface area contributed by atoms with E-state index >= 15 is 0 Å². The van der Waals surface area contributed by atoms with Crippen molar-refractivity contribution in [3.8, 4) is 0 Å². The van der Waals surface area contributed by atoms with E-state index in [2.05, 4.69) is 4.74 Å².